The summed E-state index contributed by atoms with van der Waals surface area (Å²) in [7, 11) is 0. The fraction of sp³-hybridized carbons (Fsp3) is 0.385. The molecule has 1 N–H and O–H groups in total. The zero-order chi connectivity index (χ0) is 12.6. The highest BCUT2D eigenvalue weighted by Crippen LogP contribution is 2.26. The third kappa shape index (κ3) is 2.16. The molecule has 0 fully saturated rings. The van der Waals surface area contributed by atoms with E-state index in [1.54, 1.807) is 6.07 Å². The van der Waals surface area contributed by atoms with Gasteiger partial charge in [-0.05, 0) is 24.1 Å². The van der Waals surface area contributed by atoms with Crippen molar-refractivity contribution in [3.8, 4) is 0 Å². The number of aromatic nitrogens is 1. The van der Waals surface area contributed by atoms with Crippen molar-refractivity contribution < 1.29 is 14.3 Å². The predicted molar refractivity (Wildman–Crippen MR) is 64.2 cm³/mol. The Morgan fingerprint density at radius 1 is 1.35 bits per heavy atom. The van der Waals surface area contributed by atoms with E-state index in [0.717, 1.165) is 0 Å². The quantitative estimate of drug-likeness (QED) is 0.883. The number of carbonyl (C=O) groups is 1. The van der Waals surface area contributed by atoms with Crippen LogP contribution in [0.5, 0.6) is 0 Å². The average Bonchev–Trinajstić information content (AvgIpc) is 2.69. The first-order valence-corrected chi connectivity index (χ1v) is 5.63. The van der Waals surface area contributed by atoms with Gasteiger partial charge in [-0.15, -0.1) is 0 Å². The monoisotopic (exact) mass is 233 g/mol. The van der Waals surface area contributed by atoms with Crippen LogP contribution in [0.25, 0.3) is 11.1 Å². The minimum absolute atomic E-state index is 0.218. The summed E-state index contributed by atoms with van der Waals surface area (Å²) in [6.07, 6.45) is 0. The van der Waals surface area contributed by atoms with E-state index in [1.807, 2.05) is 6.92 Å². The largest absolute Gasteiger partial charge is 0.478 e. The Hall–Kier alpha value is -1.84. The molecule has 0 amide bonds. The molecule has 4 nitrogen and oxygen atoms in total. The fourth-order valence-corrected chi connectivity index (χ4v) is 1.56. The van der Waals surface area contributed by atoms with Crippen LogP contribution in [0.3, 0.4) is 0 Å². The van der Waals surface area contributed by atoms with Crippen LogP contribution in [0.1, 0.15) is 42.9 Å². The summed E-state index contributed by atoms with van der Waals surface area (Å²) in [5.74, 6) is 0.364. The Kier molecular flexibility index (Phi) is 2.88. The van der Waals surface area contributed by atoms with E-state index in [0.29, 0.717) is 22.9 Å². The molecule has 90 valence electrons. The molecule has 1 unspecified atom stereocenters. The normalized spacial score (nSPS) is 13.2. The lowest BCUT2D eigenvalue weighted by molar-refractivity contribution is 0.0697. The molecule has 0 bridgehead atoms. The van der Waals surface area contributed by atoms with Gasteiger partial charge in [0.15, 0.2) is 11.5 Å². The van der Waals surface area contributed by atoms with Crippen molar-refractivity contribution in [3.63, 3.8) is 0 Å². The van der Waals surface area contributed by atoms with Crippen molar-refractivity contribution in [1.29, 1.82) is 0 Å². The molecule has 2 rings (SSSR count). The topological polar surface area (TPSA) is 63.3 Å². The van der Waals surface area contributed by atoms with Gasteiger partial charge in [0.25, 0.3) is 0 Å². The second-order valence-corrected chi connectivity index (χ2v) is 4.57. The summed E-state index contributed by atoms with van der Waals surface area (Å²) in [5.41, 5.74) is 1.47. The molecule has 0 aliphatic rings. The van der Waals surface area contributed by atoms with Crippen LogP contribution in [0, 0.1) is 5.92 Å². The molecule has 0 saturated carbocycles. The van der Waals surface area contributed by atoms with Crippen molar-refractivity contribution in [2.45, 2.75) is 26.7 Å². The van der Waals surface area contributed by atoms with Gasteiger partial charge in [0, 0.05) is 5.92 Å². The second-order valence-electron chi connectivity index (χ2n) is 4.57. The number of nitrogens with zero attached hydrogens (tertiary/aromatic N) is 1. The van der Waals surface area contributed by atoms with Gasteiger partial charge in [-0.2, -0.15) is 0 Å². The number of hydrogen-bond acceptors (Lipinski definition) is 3. The van der Waals surface area contributed by atoms with Gasteiger partial charge in [0.2, 0.25) is 0 Å². The Balaban J connectivity index is 2.47. The van der Waals surface area contributed by atoms with Crippen LogP contribution < -0.4 is 0 Å². The van der Waals surface area contributed by atoms with Gasteiger partial charge < -0.3 is 9.52 Å². The van der Waals surface area contributed by atoms with Crippen molar-refractivity contribution in [1.82, 2.24) is 4.98 Å². The average molecular weight is 233 g/mol. The highest BCUT2D eigenvalue weighted by molar-refractivity contribution is 5.91. The van der Waals surface area contributed by atoms with E-state index in [4.69, 9.17) is 9.52 Å². The van der Waals surface area contributed by atoms with Crippen LogP contribution in [0.4, 0.5) is 0 Å². The molecule has 17 heavy (non-hydrogen) atoms. The van der Waals surface area contributed by atoms with Gasteiger partial charge >= 0.3 is 5.97 Å². The molecule has 4 heteroatoms. The van der Waals surface area contributed by atoms with Crippen LogP contribution in [-0.2, 0) is 0 Å². The molecule has 0 radical (unpaired) electrons. The molecule has 1 atom stereocenters. The van der Waals surface area contributed by atoms with Gasteiger partial charge in [-0.25, -0.2) is 9.78 Å². The summed E-state index contributed by atoms with van der Waals surface area (Å²) in [6.45, 7) is 6.25. The summed E-state index contributed by atoms with van der Waals surface area (Å²) in [4.78, 5) is 15.2. The van der Waals surface area contributed by atoms with Crippen LogP contribution in [0.15, 0.2) is 22.6 Å². The molecule has 0 aliphatic carbocycles. The first kappa shape index (κ1) is 11.6. The molecule has 1 aromatic heterocycles. The van der Waals surface area contributed by atoms with Crippen molar-refractivity contribution in [2.24, 2.45) is 5.92 Å². The maximum Gasteiger partial charge on any atom is 0.335 e. The third-order valence-electron chi connectivity index (χ3n) is 3.04. The fourth-order valence-electron chi connectivity index (χ4n) is 1.56. The lowest BCUT2D eigenvalue weighted by atomic mass is 9.98. The van der Waals surface area contributed by atoms with E-state index in [-0.39, 0.29) is 11.5 Å². The standard InChI is InChI=1S/C13H15NO3/c1-7(2)8(3)12-14-10-6-9(13(15)16)4-5-11(10)17-12/h4-8H,1-3H3,(H,15,16). The van der Waals surface area contributed by atoms with E-state index in [2.05, 4.69) is 18.8 Å². The number of benzene rings is 1. The van der Waals surface area contributed by atoms with E-state index >= 15 is 0 Å². The molecular formula is C13H15NO3. The molecule has 2 aromatic rings. The molecule has 1 aromatic carbocycles. The summed E-state index contributed by atoms with van der Waals surface area (Å²) >= 11 is 0. The molecule has 0 aliphatic heterocycles. The van der Waals surface area contributed by atoms with Gasteiger partial charge in [0.05, 0.1) is 5.56 Å². The van der Waals surface area contributed by atoms with E-state index in [9.17, 15) is 4.79 Å². The lowest BCUT2D eigenvalue weighted by Gasteiger charge is -2.09. The number of oxazole rings is 1. The molecule has 0 saturated heterocycles. The number of fused-ring (bicyclic) bond motifs is 1. The molecule has 0 spiro atoms. The molecular weight excluding hydrogens is 218 g/mol. The van der Waals surface area contributed by atoms with Gasteiger partial charge in [-0.1, -0.05) is 20.8 Å². The van der Waals surface area contributed by atoms with E-state index < -0.39 is 5.97 Å². The summed E-state index contributed by atoms with van der Waals surface area (Å²) < 4.78 is 5.62. The highest BCUT2D eigenvalue weighted by atomic mass is 16.4. The van der Waals surface area contributed by atoms with Gasteiger partial charge in [-0.3, -0.25) is 0 Å². The Morgan fingerprint density at radius 3 is 2.65 bits per heavy atom. The Bertz CT molecular complexity index is 557. The van der Waals surface area contributed by atoms with Crippen LogP contribution >= 0.6 is 0 Å². The number of carboxylic acids is 1. The minimum atomic E-state index is -0.951. The SMILES string of the molecule is CC(C)C(C)c1nc2cc(C(=O)O)ccc2o1. The van der Waals surface area contributed by atoms with Crippen LogP contribution in [0.2, 0.25) is 0 Å². The second kappa shape index (κ2) is 4.20. The zero-order valence-electron chi connectivity index (χ0n) is 10.1. The third-order valence-corrected chi connectivity index (χ3v) is 3.04. The number of hydrogen-bond donors (Lipinski definition) is 1. The Labute approximate surface area is 99.3 Å². The maximum atomic E-state index is 10.8. The maximum absolute atomic E-state index is 10.8. The highest BCUT2D eigenvalue weighted by Gasteiger charge is 2.17. The van der Waals surface area contributed by atoms with Crippen molar-refractivity contribution in [3.05, 3.63) is 29.7 Å². The smallest absolute Gasteiger partial charge is 0.335 e. The molecule has 1 heterocycles. The van der Waals surface area contributed by atoms with Crippen molar-refractivity contribution in [2.75, 3.05) is 0 Å². The number of aromatic carboxylic acids is 1. The lowest BCUT2D eigenvalue weighted by Crippen LogP contribution is -2.01. The first-order valence-electron chi connectivity index (χ1n) is 5.63. The van der Waals surface area contributed by atoms with Gasteiger partial charge in [0.1, 0.15) is 5.52 Å². The van der Waals surface area contributed by atoms with Crippen molar-refractivity contribution >= 4 is 17.1 Å². The first-order chi connectivity index (χ1) is 7.99. The zero-order valence-corrected chi connectivity index (χ0v) is 10.1. The van der Waals surface area contributed by atoms with Crippen LogP contribution in [-0.4, -0.2) is 16.1 Å². The summed E-state index contributed by atoms with van der Waals surface area (Å²) in [6, 6.07) is 4.72. The minimum Gasteiger partial charge on any atom is -0.478 e. The number of carboxylic acid groups (broad SMARTS) is 1. The Morgan fingerprint density at radius 2 is 2.06 bits per heavy atom. The number of rotatable bonds is 3. The summed E-state index contributed by atoms with van der Waals surface area (Å²) in [5, 5.41) is 8.89. The van der Waals surface area contributed by atoms with E-state index in [1.165, 1.54) is 12.1 Å². The predicted octanol–water partition coefficient (Wildman–Crippen LogP) is 3.29.